The molecule has 3 atom stereocenters. The molecule has 3 aliphatic rings. The molecule has 5 nitrogen and oxygen atoms in total. The highest BCUT2D eigenvalue weighted by molar-refractivity contribution is 6.30. The molecule has 0 saturated heterocycles. The Kier molecular flexibility index (Phi) is 5.66. The average molecular weight is 405 g/mol. The summed E-state index contributed by atoms with van der Waals surface area (Å²) in [7, 11) is 0. The van der Waals surface area contributed by atoms with Gasteiger partial charge in [0.2, 0.25) is 11.8 Å². The van der Waals surface area contributed by atoms with Crippen LogP contribution in [0.2, 0.25) is 5.02 Å². The molecule has 152 valence electrons. The number of amides is 2. The first-order valence-electron chi connectivity index (χ1n) is 10.4. The minimum Gasteiger partial charge on any atom is -0.376 e. The summed E-state index contributed by atoms with van der Waals surface area (Å²) < 4.78 is 6.05. The van der Waals surface area contributed by atoms with E-state index in [1.165, 1.54) is 19.8 Å². The van der Waals surface area contributed by atoms with Gasteiger partial charge >= 0.3 is 0 Å². The number of ether oxygens (including phenoxy) is 1. The lowest BCUT2D eigenvalue weighted by molar-refractivity contribution is -0.127. The van der Waals surface area contributed by atoms with E-state index in [0.717, 1.165) is 36.8 Å². The topological polar surface area (TPSA) is 67.4 Å². The molecule has 0 bridgehead atoms. The molecule has 2 amide bonds. The van der Waals surface area contributed by atoms with Crippen LogP contribution in [-0.2, 0) is 20.9 Å². The van der Waals surface area contributed by atoms with Crippen molar-refractivity contribution in [3.63, 3.8) is 0 Å². The van der Waals surface area contributed by atoms with Gasteiger partial charge in [-0.3, -0.25) is 9.59 Å². The van der Waals surface area contributed by atoms with Gasteiger partial charge in [0.1, 0.15) is 0 Å². The van der Waals surface area contributed by atoms with Crippen LogP contribution in [0.4, 0.5) is 0 Å². The van der Waals surface area contributed by atoms with Crippen molar-refractivity contribution in [3.8, 4) is 0 Å². The maximum atomic E-state index is 13.2. The van der Waals surface area contributed by atoms with Gasteiger partial charge in [0.15, 0.2) is 0 Å². The monoisotopic (exact) mass is 404 g/mol. The third kappa shape index (κ3) is 3.92. The fourth-order valence-electron chi connectivity index (χ4n) is 5.38. The van der Waals surface area contributed by atoms with Crippen molar-refractivity contribution in [2.24, 2.45) is 11.3 Å². The number of halogens is 1. The molecule has 2 fully saturated rings. The van der Waals surface area contributed by atoms with Gasteiger partial charge in [0, 0.05) is 29.3 Å². The molecule has 1 heterocycles. The lowest BCUT2D eigenvalue weighted by Crippen LogP contribution is -2.44. The minimum absolute atomic E-state index is 0.0274. The Hall–Kier alpha value is -1.59. The summed E-state index contributed by atoms with van der Waals surface area (Å²) in [5.41, 5.74) is 2.17. The van der Waals surface area contributed by atoms with Crippen molar-refractivity contribution in [2.45, 2.75) is 70.6 Å². The standard InChI is InChI=1S/C22H29ClN2O3/c1-14(26)24-18-7-5-15(10-18)21(27)25-20-19-11-17(23)6-4-16(19)12-28-13-22(20)8-2-3-9-22/h4,6,11,15,18,20H,2-3,5,7-10,12-13H2,1H3,(H,24,26)(H,25,27)/t15-,18-,20?/m1/s1. The Morgan fingerprint density at radius 1 is 1.18 bits per heavy atom. The highest BCUT2D eigenvalue weighted by atomic mass is 35.5. The van der Waals surface area contributed by atoms with E-state index in [9.17, 15) is 9.59 Å². The summed E-state index contributed by atoms with van der Waals surface area (Å²) in [4.78, 5) is 24.5. The van der Waals surface area contributed by atoms with E-state index < -0.39 is 0 Å². The molecule has 0 aromatic heterocycles. The van der Waals surface area contributed by atoms with Crippen LogP contribution < -0.4 is 10.6 Å². The molecule has 1 unspecified atom stereocenters. The number of hydrogen-bond donors (Lipinski definition) is 2. The van der Waals surface area contributed by atoms with E-state index >= 15 is 0 Å². The normalized spacial score (nSPS) is 28.6. The van der Waals surface area contributed by atoms with Gasteiger partial charge in [0.25, 0.3) is 0 Å². The maximum absolute atomic E-state index is 13.2. The summed E-state index contributed by atoms with van der Waals surface area (Å²) in [6.45, 7) is 2.77. The summed E-state index contributed by atoms with van der Waals surface area (Å²) in [6.07, 6.45) is 6.84. The molecule has 1 aliphatic heterocycles. The zero-order chi connectivity index (χ0) is 19.7. The molecule has 2 saturated carbocycles. The molecular formula is C22H29ClN2O3. The molecular weight excluding hydrogens is 376 g/mol. The van der Waals surface area contributed by atoms with Gasteiger partial charge in [-0.25, -0.2) is 0 Å². The summed E-state index contributed by atoms with van der Waals surface area (Å²) in [5, 5.41) is 7.05. The van der Waals surface area contributed by atoms with Crippen LogP contribution >= 0.6 is 11.6 Å². The Bertz CT molecular complexity index is 760. The molecule has 0 radical (unpaired) electrons. The molecule has 1 spiro atoms. The zero-order valence-electron chi connectivity index (χ0n) is 16.4. The molecule has 1 aromatic carbocycles. The van der Waals surface area contributed by atoms with E-state index in [1.807, 2.05) is 18.2 Å². The van der Waals surface area contributed by atoms with Crippen LogP contribution in [0.3, 0.4) is 0 Å². The molecule has 6 heteroatoms. The lowest BCUT2D eigenvalue weighted by Gasteiger charge is -2.37. The van der Waals surface area contributed by atoms with Crippen LogP contribution in [0.15, 0.2) is 18.2 Å². The minimum atomic E-state index is -0.0708. The van der Waals surface area contributed by atoms with Crippen LogP contribution in [0.25, 0.3) is 0 Å². The van der Waals surface area contributed by atoms with E-state index in [2.05, 4.69) is 10.6 Å². The Morgan fingerprint density at radius 2 is 1.96 bits per heavy atom. The second-order valence-corrected chi connectivity index (χ2v) is 9.19. The summed E-state index contributed by atoms with van der Waals surface area (Å²) in [6, 6.07) is 5.95. The predicted octanol–water partition coefficient (Wildman–Crippen LogP) is 3.89. The quantitative estimate of drug-likeness (QED) is 0.803. The Labute approximate surface area is 171 Å². The van der Waals surface area contributed by atoms with E-state index in [4.69, 9.17) is 16.3 Å². The summed E-state index contributed by atoms with van der Waals surface area (Å²) in [5.74, 6) is 0.0134. The highest BCUT2D eigenvalue weighted by Gasteiger charge is 2.46. The number of carbonyl (C=O) groups is 2. The molecule has 1 aromatic rings. The fourth-order valence-corrected chi connectivity index (χ4v) is 5.57. The lowest BCUT2D eigenvalue weighted by atomic mass is 9.75. The fraction of sp³-hybridized carbons (Fsp3) is 0.636. The number of fused-ring (bicyclic) bond motifs is 1. The number of nitrogens with one attached hydrogen (secondary N) is 2. The average Bonchev–Trinajstić information content (AvgIpc) is 3.27. The smallest absolute Gasteiger partial charge is 0.223 e. The largest absolute Gasteiger partial charge is 0.376 e. The number of carbonyl (C=O) groups excluding carboxylic acids is 2. The third-order valence-corrected chi connectivity index (χ3v) is 7.01. The van der Waals surface area contributed by atoms with Crippen LogP contribution in [0, 0.1) is 11.3 Å². The van der Waals surface area contributed by atoms with Gasteiger partial charge in [-0.15, -0.1) is 0 Å². The van der Waals surface area contributed by atoms with Crippen molar-refractivity contribution in [1.82, 2.24) is 10.6 Å². The summed E-state index contributed by atoms with van der Waals surface area (Å²) >= 11 is 6.33. The maximum Gasteiger partial charge on any atom is 0.223 e. The van der Waals surface area contributed by atoms with Gasteiger partial charge < -0.3 is 15.4 Å². The Balaban J connectivity index is 1.57. The SMILES string of the molecule is CC(=O)N[C@@H]1CC[C@@H](C(=O)NC2c3cc(Cl)ccc3COCC23CCCC3)C1. The van der Waals surface area contributed by atoms with Crippen LogP contribution in [0.5, 0.6) is 0 Å². The van der Waals surface area contributed by atoms with Crippen LogP contribution in [-0.4, -0.2) is 24.5 Å². The number of benzene rings is 1. The Morgan fingerprint density at radius 3 is 2.71 bits per heavy atom. The van der Waals surface area contributed by atoms with E-state index in [1.54, 1.807) is 0 Å². The van der Waals surface area contributed by atoms with Gasteiger partial charge in [-0.05, 0) is 55.4 Å². The molecule has 2 N–H and O–H groups in total. The van der Waals surface area contributed by atoms with Crippen molar-refractivity contribution in [1.29, 1.82) is 0 Å². The molecule has 4 rings (SSSR count). The predicted molar refractivity (Wildman–Crippen MR) is 108 cm³/mol. The van der Waals surface area contributed by atoms with E-state index in [0.29, 0.717) is 24.7 Å². The van der Waals surface area contributed by atoms with Crippen molar-refractivity contribution >= 4 is 23.4 Å². The van der Waals surface area contributed by atoms with Gasteiger partial charge in [-0.2, -0.15) is 0 Å². The second kappa shape index (κ2) is 8.03. The third-order valence-electron chi connectivity index (χ3n) is 6.78. The number of hydrogen-bond acceptors (Lipinski definition) is 3. The van der Waals surface area contributed by atoms with Crippen molar-refractivity contribution in [3.05, 3.63) is 34.3 Å². The highest BCUT2D eigenvalue weighted by Crippen LogP contribution is 2.50. The van der Waals surface area contributed by atoms with Crippen molar-refractivity contribution < 1.29 is 14.3 Å². The first kappa shape index (κ1) is 19.7. The number of rotatable bonds is 3. The second-order valence-electron chi connectivity index (χ2n) is 8.75. The van der Waals surface area contributed by atoms with E-state index in [-0.39, 0.29) is 35.2 Å². The first-order valence-corrected chi connectivity index (χ1v) is 10.8. The van der Waals surface area contributed by atoms with Gasteiger partial charge in [-0.1, -0.05) is 30.5 Å². The van der Waals surface area contributed by atoms with Crippen molar-refractivity contribution in [2.75, 3.05) is 6.61 Å². The molecule has 2 aliphatic carbocycles. The van der Waals surface area contributed by atoms with Gasteiger partial charge in [0.05, 0.1) is 19.3 Å². The van der Waals surface area contributed by atoms with Crippen LogP contribution in [0.1, 0.15) is 69.0 Å². The zero-order valence-corrected chi connectivity index (χ0v) is 17.2. The molecule has 28 heavy (non-hydrogen) atoms. The first-order chi connectivity index (χ1) is 13.5.